The van der Waals surface area contributed by atoms with E-state index in [1.54, 1.807) is 6.07 Å². The molecule has 0 saturated heterocycles. The van der Waals surface area contributed by atoms with Crippen molar-refractivity contribution in [1.82, 2.24) is 16.2 Å². The molecular weight excluding hydrogens is 342 g/mol. The lowest BCUT2D eigenvalue weighted by Crippen LogP contribution is -2.50. The highest BCUT2D eigenvalue weighted by atomic mass is 35.5. The quantitative estimate of drug-likeness (QED) is 0.532. The maximum Gasteiger partial charge on any atom is 0.333 e. The van der Waals surface area contributed by atoms with Crippen LogP contribution in [0.1, 0.15) is 50.5 Å². The first kappa shape index (κ1) is 19.4. The molecule has 6 nitrogen and oxygen atoms in total. The molecule has 7 heteroatoms. The molecule has 3 N–H and O–H groups in total. The molecule has 1 aromatic carbocycles. The van der Waals surface area contributed by atoms with Gasteiger partial charge in [0, 0.05) is 17.5 Å². The molecule has 0 spiro atoms. The Morgan fingerprint density at radius 2 is 1.96 bits per heavy atom. The SMILES string of the molecule is Cc1cc(Cl)ccc1OCCCC(=O)NNC(=O)NC1CCCCC1. The largest absolute Gasteiger partial charge is 0.493 e. The van der Waals surface area contributed by atoms with Crippen LogP contribution in [0.2, 0.25) is 5.02 Å². The molecule has 1 aliphatic carbocycles. The molecule has 138 valence electrons. The van der Waals surface area contributed by atoms with Gasteiger partial charge in [-0.05, 0) is 49.9 Å². The third-order valence-electron chi connectivity index (χ3n) is 4.20. The number of nitrogens with one attached hydrogen (secondary N) is 3. The van der Waals surface area contributed by atoms with Crippen molar-refractivity contribution in [1.29, 1.82) is 0 Å². The minimum absolute atomic E-state index is 0.210. The Bertz CT molecular complexity index is 589. The number of ether oxygens (including phenoxy) is 1. The van der Waals surface area contributed by atoms with Gasteiger partial charge in [-0.15, -0.1) is 0 Å². The number of halogens is 1. The van der Waals surface area contributed by atoms with Crippen molar-refractivity contribution in [2.75, 3.05) is 6.61 Å². The van der Waals surface area contributed by atoms with Gasteiger partial charge in [0.1, 0.15) is 5.75 Å². The first-order chi connectivity index (χ1) is 12.0. The van der Waals surface area contributed by atoms with E-state index < -0.39 is 0 Å². The second-order valence-electron chi connectivity index (χ2n) is 6.34. The van der Waals surface area contributed by atoms with Gasteiger partial charge in [0.05, 0.1) is 6.61 Å². The lowest BCUT2D eigenvalue weighted by atomic mass is 9.96. The zero-order valence-electron chi connectivity index (χ0n) is 14.6. The summed E-state index contributed by atoms with van der Waals surface area (Å²) in [4.78, 5) is 23.5. The van der Waals surface area contributed by atoms with Crippen LogP contribution in [0.4, 0.5) is 4.79 Å². The Balaban J connectivity index is 1.56. The highest BCUT2D eigenvalue weighted by Gasteiger charge is 2.15. The molecule has 1 saturated carbocycles. The molecule has 0 atom stereocenters. The van der Waals surface area contributed by atoms with Crippen molar-refractivity contribution in [2.24, 2.45) is 0 Å². The summed E-state index contributed by atoms with van der Waals surface area (Å²) >= 11 is 5.89. The van der Waals surface area contributed by atoms with Crippen LogP contribution in [0, 0.1) is 6.92 Å². The third-order valence-corrected chi connectivity index (χ3v) is 4.43. The molecule has 1 aliphatic rings. The van der Waals surface area contributed by atoms with Crippen LogP contribution in [0.3, 0.4) is 0 Å². The Labute approximate surface area is 153 Å². The van der Waals surface area contributed by atoms with Crippen molar-refractivity contribution >= 4 is 23.5 Å². The first-order valence-electron chi connectivity index (χ1n) is 8.79. The number of hydrazine groups is 1. The van der Waals surface area contributed by atoms with E-state index in [0.717, 1.165) is 37.0 Å². The lowest BCUT2D eigenvalue weighted by molar-refractivity contribution is -0.122. The molecule has 3 amide bonds. The van der Waals surface area contributed by atoms with E-state index in [2.05, 4.69) is 16.2 Å². The molecule has 0 bridgehead atoms. The Hall–Kier alpha value is -1.95. The minimum Gasteiger partial charge on any atom is -0.493 e. The number of hydrogen-bond acceptors (Lipinski definition) is 3. The van der Waals surface area contributed by atoms with Crippen LogP contribution in [-0.4, -0.2) is 24.6 Å². The third kappa shape index (κ3) is 7.22. The van der Waals surface area contributed by atoms with E-state index in [4.69, 9.17) is 16.3 Å². The summed E-state index contributed by atoms with van der Waals surface area (Å²) < 4.78 is 5.63. The summed E-state index contributed by atoms with van der Waals surface area (Å²) in [6, 6.07) is 5.27. The van der Waals surface area contributed by atoms with Crippen molar-refractivity contribution in [3.63, 3.8) is 0 Å². The van der Waals surface area contributed by atoms with E-state index in [9.17, 15) is 9.59 Å². The molecular formula is C18H26ClN3O3. The summed E-state index contributed by atoms with van der Waals surface area (Å²) in [6.07, 6.45) is 6.35. The van der Waals surface area contributed by atoms with Crippen LogP contribution >= 0.6 is 11.6 Å². The highest BCUT2D eigenvalue weighted by Crippen LogP contribution is 2.22. The zero-order chi connectivity index (χ0) is 18.1. The van der Waals surface area contributed by atoms with Crippen molar-refractivity contribution in [3.05, 3.63) is 28.8 Å². The number of carbonyl (C=O) groups is 2. The molecule has 0 aliphatic heterocycles. The summed E-state index contributed by atoms with van der Waals surface area (Å²) in [5.74, 6) is 0.519. The molecule has 0 unspecified atom stereocenters. The maximum absolute atomic E-state index is 11.7. The van der Waals surface area contributed by atoms with Gasteiger partial charge in [-0.3, -0.25) is 10.2 Å². The maximum atomic E-state index is 11.7. The Kier molecular flexibility index (Phi) is 7.85. The number of rotatable bonds is 6. The summed E-state index contributed by atoms with van der Waals surface area (Å²) in [6.45, 7) is 2.34. The normalized spacial score (nSPS) is 14.6. The Morgan fingerprint density at radius 3 is 2.68 bits per heavy atom. The second-order valence-corrected chi connectivity index (χ2v) is 6.78. The molecule has 2 rings (SSSR count). The summed E-state index contributed by atoms with van der Waals surface area (Å²) in [5, 5.41) is 3.54. The fourth-order valence-corrected chi connectivity index (χ4v) is 3.07. The number of aryl methyl sites for hydroxylation is 1. The number of urea groups is 1. The van der Waals surface area contributed by atoms with E-state index in [1.165, 1.54) is 6.42 Å². The van der Waals surface area contributed by atoms with Crippen LogP contribution in [0.5, 0.6) is 5.75 Å². The van der Waals surface area contributed by atoms with Crippen molar-refractivity contribution in [3.8, 4) is 5.75 Å². The smallest absolute Gasteiger partial charge is 0.333 e. The summed E-state index contributed by atoms with van der Waals surface area (Å²) in [7, 11) is 0. The topological polar surface area (TPSA) is 79.5 Å². The van der Waals surface area contributed by atoms with Gasteiger partial charge >= 0.3 is 6.03 Å². The van der Waals surface area contributed by atoms with Crippen molar-refractivity contribution < 1.29 is 14.3 Å². The van der Waals surface area contributed by atoms with E-state index in [-0.39, 0.29) is 24.4 Å². The summed E-state index contributed by atoms with van der Waals surface area (Å²) in [5.41, 5.74) is 5.77. The predicted octanol–water partition coefficient (Wildman–Crippen LogP) is 3.47. The standard InChI is InChI=1S/C18H26ClN3O3/c1-13-12-14(19)9-10-16(13)25-11-5-8-17(23)21-22-18(24)20-15-6-3-2-4-7-15/h9-10,12,15H,2-8,11H2,1H3,(H,21,23)(H2,20,22,24). The van der Waals surface area contributed by atoms with Crippen LogP contribution in [0.25, 0.3) is 0 Å². The molecule has 25 heavy (non-hydrogen) atoms. The Morgan fingerprint density at radius 1 is 1.20 bits per heavy atom. The van der Waals surface area contributed by atoms with E-state index in [1.807, 2.05) is 19.1 Å². The number of amides is 3. The fourth-order valence-electron chi connectivity index (χ4n) is 2.85. The molecule has 0 heterocycles. The molecule has 1 aromatic rings. The van der Waals surface area contributed by atoms with Gasteiger partial charge < -0.3 is 10.1 Å². The van der Waals surface area contributed by atoms with Crippen molar-refractivity contribution in [2.45, 2.75) is 57.9 Å². The average molecular weight is 368 g/mol. The molecule has 0 radical (unpaired) electrons. The monoisotopic (exact) mass is 367 g/mol. The van der Waals surface area contributed by atoms with Gasteiger partial charge in [-0.1, -0.05) is 30.9 Å². The first-order valence-corrected chi connectivity index (χ1v) is 9.16. The zero-order valence-corrected chi connectivity index (χ0v) is 15.3. The van der Waals surface area contributed by atoms with Crippen LogP contribution in [0.15, 0.2) is 18.2 Å². The second kappa shape index (κ2) is 10.1. The molecule has 0 aromatic heterocycles. The van der Waals surface area contributed by atoms with Gasteiger partial charge in [0.25, 0.3) is 0 Å². The van der Waals surface area contributed by atoms with E-state index in [0.29, 0.717) is 18.1 Å². The van der Waals surface area contributed by atoms with Crippen LogP contribution in [-0.2, 0) is 4.79 Å². The van der Waals surface area contributed by atoms with Gasteiger partial charge in [0.2, 0.25) is 5.91 Å². The number of hydrogen-bond donors (Lipinski definition) is 3. The minimum atomic E-state index is -0.353. The molecule has 1 fully saturated rings. The highest BCUT2D eigenvalue weighted by molar-refractivity contribution is 6.30. The average Bonchev–Trinajstić information content (AvgIpc) is 2.59. The van der Waals surface area contributed by atoms with Gasteiger partial charge in [-0.25, -0.2) is 10.2 Å². The van der Waals surface area contributed by atoms with Crippen LogP contribution < -0.4 is 20.9 Å². The predicted molar refractivity (Wildman–Crippen MR) is 97.6 cm³/mol. The van der Waals surface area contributed by atoms with Gasteiger partial charge in [-0.2, -0.15) is 0 Å². The van der Waals surface area contributed by atoms with E-state index >= 15 is 0 Å². The lowest BCUT2D eigenvalue weighted by Gasteiger charge is -2.22. The van der Waals surface area contributed by atoms with Gasteiger partial charge in [0.15, 0.2) is 0 Å². The number of carbonyl (C=O) groups excluding carboxylic acids is 2. The fraction of sp³-hybridized carbons (Fsp3) is 0.556. The number of benzene rings is 1.